The number of amidine groups is 1. The molecule has 4 N–H and O–H groups in total. The van der Waals surface area contributed by atoms with Gasteiger partial charge in [-0.05, 0) is 26.2 Å². The summed E-state index contributed by atoms with van der Waals surface area (Å²) in [4.78, 5) is 25.4. The van der Waals surface area contributed by atoms with E-state index in [2.05, 4.69) is 15.0 Å². The average molecular weight is 275 g/mol. The first-order valence-electron chi connectivity index (χ1n) is 5.98. The summed E-state index contributed by atoms with van der Waals surface area (Å²) < 4.78 is 4.62. The molecule has 0 aliphatic heterocycles. The van der Waals surface area contributed by atoms with Crippen LogP contribution in [0, 0.1) is 0 Å². The van der Waals surface area contributed by atoms with E-state index in [1.807, 2.05) is 5.48 Å². The lowest BCUT2D eigenvalue weighted by Crippen LogP contribution is -2.38. The van der Waals surface area contributed by atoms with E-state index in [0.29, 0.717) is 31.6 Å². The zero-order chi connectivity index (χ0) is 14.7. The molecular formula is C11H21N3O5. The number of carbonyl (C=O) groups is 2. The second-order valence-electron chi connectivity index (χ2n) is 3.95. The zero-order valence-corrected chi connectivity index (χ0v) is 11.2. The summed E-state index contributed by atoms with van der Waals surface area (Å²) >= 11 is 0. The Bertz CT molecular complexity index is 319. The number of hydrogen-bond acceptors (Lipinski definition) is 6. The number of rotatable bonds is 9. The Morgan fingerprint density at radius 1 is 1.32 bits per heavy atom. The molecule has 0 aliphatic rings. The molecule has 8 heteroatoms. The van der Waals surface area contributed by atoms with Gasteiger partial charge in [0.2, 0.25) is 0 Å². The van der Waals surface area contributed by atoms with Crippen LogP contribution in [0.3, 0.4) is 0 Å². The first kappa shape index (κ1) is 17.3. The standard InChI is InChI=1S/C11H21N3O5/c1-8(14-18)12-6-4-3-5-10(11(16)17)13-7-19-9(2)15/h10,13,18H,3-7H2,1-2H3,(H,12,14)(H,16,17)/t10-/m0/s1. The van der Waals surface area contributed by atoms with Crippen molar-refractivity contribution >= 4 is 17.8 Å². The smallest absolute Gasteiger partial charge is 0.320 e. The van der Waals surface area contributed by atoms with E-state index in [1.165, 1.54) is 6.92 Å². The van der Waals surface area contributed by atoms with Crippen molar-refractivity contribution in [3.05, 3.63) is 0 Å². The van der Waals surface area contributed by atoms with Gasteiger partial charge in [-0.1, -0.05) is 0 Å². The van der Waals surface area contributed by atoms with Gasteiger partial charge < -0.3 is 9.84 Å². The van der Waals surface area contributed by atoms with Crippen molar-refractivity contribution in [2.24, 2.45) is 4.99 Å². The molecule has 0 spiro atoms. The van der Waals surface area contributed by atoms with Gasteiger partial charge in [-0.2, -0.15) is 0 Å². The summed E-state index contributed by atoms with van der Waals surface area (Å²) in [7, 11) is 0. The Morgan fingerprint density at radius 3 is 2.53 bits per heavy atom. The van der Waals surface area contributed by atoms with Crippen molar-refractivity contribution in [2.75, 3.05) is 13.3 Å². The number of ether oxygens (including phenoxy) is 1. The summed E-state index contributed by atoms with van der Waals surface area (Å²) in [5.74, 6) is -1.02. The van der Waals surface area contributed by atoms with Gasteiger partial charge in [-0.3, -0.25) is 30.6 Å². The van der Waals surface area contributed by atoms with Gasteiger partial charge in [-0.15, -0.1) is 0 Å². The minimum atomic E-state index is -0.983. The van der Waals surface area contributed by atoms with Crippen LogP contribution >= 0.6 is 0 Å². The Balaban J connectivity index is 3.83. The third kappa shape index (κ3) is 9.98. The van der Waals surface area contributed by atoms with Gasteiger partial charge in [0.15, 0.2) is 0 Å². The van der Waals surface area contributed by atoms with Crippen molar-refractivity contribution in [2.45, 2.75) is 39.2 Å². The fourth-order valence-electron chi connectivity index (χ4n) is 1.30. The maximum Gasteiger partial charge on any atom is 0.320 e. The van der Waals surface area contributed by atoms with Crippen molar-refractivity contribution in [3.8, 4) is 0 Å². The minimum Gasteiger partial charge on any atom is -0.480 e. The van der Waals surface area contributed by atoms with E-state index in [-0.39, 0.29) is 6.73 Å². The second kappa shape index (κ2) is 10.3. The summed E-state index contributed by atoms with van der Waals surface area (Å²) in [5.41, 5.74) is 1.92. The van der Waals surface area contributed by atoms with Crippen LogP contribution in [0.5, 0.6) is 0 Å². The predicted octanol–water partition coefficient (Wildman–Crippen LogP) is 0.117. The summed E-state index contributed by atoms with van der Waals surface area (Å²) in [6, 6.07) is -0.750. The van der Waals surface area contributed by atoms with Crippen LogP contribution in [0.1, 0.15) is 33.1 Å². The van der Waals surface area contributed by atoms with Crippen LogP contribution in [0.2, 0.25) is 0 Å². The highest BCUT2D eigenvalue weighted by Crippen LogP contribution is 2.02. The van der Waals surface area contributed by atoms with E-state index in [9.17, 15) is 9.59 Å². The molecule has 0 aliphatic carbocycles. The molecule has 0 aromatic carbocycles. The van der Waals surface area contributed by atoms with Crippen LogP contribution in [0.25, 0.3) is 0 Å². The van der Waals surface area contributed by atoms with E-state index >= 15 is 0 Å². The molecule has 0 bridgehead atoms. The molecule has 0 saturated carbocycles. The molecule has 0 unspecified atom stereocenters. The summed E-state index contributed by atoms with van der Waals surface area (Å²) in [6.45, 7) is 3.28. The monoisotopic (exact) mass is 275 g/mol. The molecule has 19 heavy (non-hydrogen) atoms. The number of esters is 1. The van der Waals surface area contributed by atoms with Gasteiger partial charge in [0.1, 0.15) is 18.6 Å². The molecule has 0 rings (SSSR count). The molecule has 0 saturated heterocycles. The topological polar surface area (TPSA) is 120 Å². The SMILES string of the molecule is CC(=O)OCN[C@@H](CCCCN=C(C)NO)C(=O)O. The average Bonchev–Trinajstić information content (AvgIpc) is 2.35. The third-order valence-corrected chi connectivity index (χ3v) is 2.31. The lowest BCUT2D eigenvalue weighted by molar-refractivity contribution is -0.145. The molecule has 1 atom stereocenters. The lowest BCUT2D eigenvalue weighted by Gasteiger charge is -2.13. The van der Waals surface area contributed by atoms with Crippen LogP contribution in [-0.4, -0.2) is 47.4 Å². The third-order valence-electron chi connectivity index (χ3n) is 2.31. The number of carboxylic acid groups (broad SMARTS) is 1. The summed E-state index contributed by atoms with van der Waals surface area (Å²) in [6.07, 6.45) is 1.78. The van der Waals surface area contributed by atoms with Gasteiger partial charge >= 0.3 is 11.9 Å². The van der Waals surface area contributed by atoms with Crippen LogP contribution in [0.4, 0.5) is 0 Å². The summed E-state index contributed by atoms with van der Waals surface area (Å²) in [5, 5.41) is 20.1. The van der Waals surface area contributed by atoms with Crippen molar-refractivity contribution in [1.29, 1.82) is 0 Å². The number of nitrogens with one attached hydrogen (secondary N) is 2. The van der Waals surface area contributed by atoms with Crippen molar-refractivity contribution in [1.82, 2.24) is 10.8 Å². The number of hydroxylamine groups is 1. The fourth-order valence-corrected chi connectivity index (χ4v) is 1.30. The zero-order valence-electron chi connectivity index (χ0n) is 11.2. The molecule has 8 nitrogen and oxygen atoms in total. The van der Waals surface area contributed by atoms with E-state index in [0.717, 1.165) is 0 Å². The van der Waals surface area contributed by atoms with Crippen molar-refractivity contribution < 1.29 is 24.6 Å². The number of carboxylic acids is 1. The van der Waals surface area contributed by atoms with Crippen LogP contribution in [0.15, 0.2) is 4.99 Å². The maximum atomic E-state index is 10.9. The number of hydrogen-bond donors (Lipinski definition) is 4. The highest BCUT2D eigenvalue weighted by atomic mass is 16.5. The molecule has 0 radical (unpaired) electrons. The number of unbranched alkanes of at least 4 members (excludes halogenated alkanes) is 1. The second-order valence-corrected chi connectivity index (χ2v) is 3.95. The minimum absolute atomic E-state index is 0.113. The van der Waals surface area contributed by atoms with Gasteiger partial charge in [0.05, 0.1) is 0 Å². The Labute approximate surface area is 111 Å². The number of carbonyl (C=O) groups excluding carboxylic acids is 1. The highest BCUT2D eigenvalue weighted by molar-refractivity contribution is 5.78. The highest BCUT2D eigenvalue weighted by Gasteiger charge is 2.16. The molecular weight excluding hydrogens is 254 g/mol. The number of aliphatic imine (C=N–C) groups is 1. The van der Waals surface area contributed by atoms with E-state index in [4.69, 9.17) is 10.3 Å². The largest absolute Gasteiger partial charge is 0.480 e. The van der Waals surface area contributed by atoms with Crippen LogP contribution < -0.4 is 10.8 Å². The molecule has 0 heterocycles. The van der Waals surface area contributed by atoms with Gasteiger partial charge in [-0.25, -0.2) is 0 Å². The Hall–Kier alpha value is -1.67. The predicted molar refractivity (Wildman–Crippen MR) is 67.9 cm³/mol. The Morgan fingerprint density at radius 2 is 2.00 bits per heavy atom. The van der Waals surface area contributed by atoms with Gasteiger partial charge in [0.25, 0.3) is 0 Å². The first-order chi connectivity index (χ1) is 8.97. The Kier molecular flexibility index (Phi) is 9.37. The van der Waals surface area contributed by atoms with E-state index < -0.39 is 18.0 Å². The lowest BCUT2D eigenvalue weighted by atomic mass is 10.1. The molecule has 0 amide bonds. The van der Waals surface area contributed by atoms with Crippen molar-refractivity contribution in [3.63, 3.8) is 0 Å². The molecule has 110 valence electrons. The maximum absolute atomic E-state index is 10.9. The molecule has 0 fully saturated rings. The van der Waals surface area contributed by atoms with Gasteiger partial charge in [0, 0.05) is 13.5 Å². The molecule has 0 aromatic heterocycles. The van der Waals surface area contributed by atoms with Crippen LogP contribution in [-0.2, 0) is 14.3 Å². The normalized spacial score (nSPS) is 12.9. The fraction of sp³-hybridized carbons (Fsp3) is 0.727. The quantitative estimate of drug-likeness (QED) is 0.118. The molecule has 0 aromatic rings. The van der Waals surface area contributed by atoms with E-state index in [1.54, 1.807) is 6.92 Å². The number of aliphatic carboxylic acids is 1. The number of nitrogens with zero attached hydrogens (tertiary/aromatic N) is 1. The first-order valence-corrected chi connectivity index (χ1v) is 5.98.